The molecule has 1 heterocycles. The topological polar surface area (TPSA) is 38.8 Å². The highest BCUT2D eigenvalue weighted by Crippen LogP contribution is 2.15. The van der Waals surface area contributed by atoms with Gasteiger partial charge in [-0.1, -0.05) is 0 Å². The van der Waals surface area contributed by atoms with Crippen LogP contribution in [0, 0.1) is 0 Å². The van der Waals surface area contributed by atoms with Crippen molar-refractivity contribution in [3.05, 3.63) is 0 Å². The third-order valence-corrected chi connectivity index (χ3v) is 2.79. The Labute approximate surface area is 91.5 Å². The number of hydrogen-bond donors (Lipinski definition) is 0. The zero-order chi connectivity index (χ0) is 11.3. The molecule has 0 aliphatic carbocycles. The molecule has 0 spiro atoms. The van der Waals surface area contributed by atoms with Gasteiger partial charge in [0.25, 0.3) is 0 Å². The summed E-state index contributed by atoms with van der Waals surface area (Å²) in [4.78, 5) is 13.2. The number of methoxy groups -OCH3 is 1. The maximum atomic E-state index is 10.8. The van der Waals surface area contributed by atoms with E-state index in [1.807, 2.05) is 0 Å². The quantitative estimate of drug-likeness (QED) is 0.643. The number of hydrogen-bond acceptors (Lipinski definition) is 4. The number of carbonyl (C=O) groups is 1. The van der Waals surface area contributed by atoms with E-state index in [1.54, 1.807) is 0 Å². The summed E-state index contributed by atoms with van der Waals surface area (Å²) >= 11 is 0. The van der Waals surface area contributed by atoms with E-state index in [2.05, 4.69) is 23.5 Å². The van der Waals surface area contributed by atoms with Crippen LogP contribution in [0.2, 0.25) is 0 Å². The Bertz CT molecular complexity index is 206. The van der Waals surface area contributed by atoms with Gasteiger partial charge in [0.2, 0.25) is 0 Å². The van der Waals surface area contributed by atoms with E-state index in [0.717, 1.165) is 19.5 Å². The second-order valence-electron chi connectivity index (χ2n) is 4.20. The summed E-state index contributed by atoms with van der Waals surface area (Å²) in [6.07, 6.45) is 1.71. The Kier molecular flexibility index (Phi) is 5.05. The molecular weight excluding hydrogens is 194 g/mol. The monoisotopic (exact) mass is 215 g/mol. The normalized spacial score (nSPS) is 22.3. The molecule has 15 heavy (non-hydrogen) atoms. The standard InChI is InChI=1S/C11H21NO3/c1-9(2)12-6-4-10(8-12)15-7-5-11(13)14-3/h9-10H,4-8H2,1-3H3/t10-/m1/s1. The Balaban J connectivity index is 2.11. The molecule has 0 radical (unpaired) electrons. The van der Waals surface area contributed by atoms with Crippen LogP contribution in [-0.2, 0) is 14.3 Å². The highest BCUT2D eigenvalue weighted by atomic mass is 16.5. The fourth-order valence-electron chi connectivity index (χ4n) is 1.77. The predicted octanol–water partition coefficient (Wildman–Crippen LogP) is 1.05. The van der Waals surface area contributed by atoms with Crippen LogP contribution in [-0.4, -0.2) is 49.8 Å². The van der Waals surface area contributed by atoms with E-state index in [0.29, 0.717) is 19.1 Å². The third kappa shape index (κ3) is 4.18. The molecule has 1 aliphatic heterocycles. The number of rotatable bonds is 5. The Morgan fingerprint density at radius 2 is 2.27 bits per heavy atom. The second kappa shape index (κ2) is 6.08. The van der Waals surface area contributed by atoms with Crippen LogP contribution in [0.15, 0.2) is 0 Å². The molecule has 0 aromatic carbocycles. The van der Waals surface area contributed by atoms with Crippen LogP contribution >= 0.6 is 0 Å². The lowest BCUT2D eigenvalue weighted by Gasteiger charge is -2.20. The molecular formula is C11H21NO3. The van der Waals surface area contributed by atoms with Crippen molar-refractivity contribution in [3.8, 4) is 0 Å². The van der Waals surface area contributed by atoms with Crippen molar-refractivity contribution in [3.63, 3.8) is 0 Å². The van der Waals surface area contributed by atoms with Crippen LogP contribution in [0.3, 0.4) is 0 Å². The van der Waals surface area contributed by atoms with Crippen LogP contribution in [0.1, 0.15) is 26.7 Å². The number of ether oxygens (including phenoxy) is 2. The number of nitrogens with zero attached hydrogens (tertiary/aromatic N) is 1. The van der Waals surface area contributed by atoms with Crippen molar-refractivity contribution < 1.29 is 14.3 Å². The lowest BCUT2D eigenvalue weighted by atomic mass is 10.3. The van der Waals surface area contributed by atoms with Gasteiger partial charge in [-0.05, 0) is 20.3 Å². The summed E-state index contributed by atoms with van der Waals surface area (Å²) in [6, 6.07) is 0.583. The number of esters is 1. The first-order valence-electron chi connectivity index (χ1n) is 5.56. The van der Waals surface area contributed by atoms with Gasteiger partial charge in [0.1, 0.15) is 0 Å². The molecule has 88 valence electrons. The molecule has 0 saturated carbocycles. The van der Waals surface area contributed by atoms with Crippen molar-refractivity contribution in [2.45, 2.75) is 38.8 Å². The van der Waals surface area contributed by atoms with E-state index < -0.39 is 0 Å². The smallest absolute Gasteiger partial charge is 0.307 e. The maximum absolute atomic E-state index is 10.8. The van der Waals surface area contributed by atoms with E-state index in [-0.39, 0.29) is 12.1 Å². The molecule has 0 amide bonds. The Hall–Kier alpha value is -0.610. The summed E-state index contributed by atoms with van der Waals surface area (Å²) in [6.45, 7) is 6.94. The minimum Gasteiger partial charge on any atom is -0.469 e. The third-order valence-electron chi connectivity index (χ3n) is 2.79. The first-order chi connectivity index (χ1) is 7.13. The van der Waals surface area contributed by atoms with Gasteiger partial charge in [0, 0.05) is 19.1 Å². The summed E-state index contributed by atoms with van der Waals surface area (Å²) < 4.78 is 10.2. The largest absolute Gasteiger partial charge is 0.469 e. The zero-order valence-corrected chi connectivity index (χ0v) is 9.86. The average Bonchev–Trinajstić information content (AvgIpc) is 2.66. The molecule has 0 bridgehead atoms. The minimum absolute atomic E-state index is 0.200. The average molecular weight is 215 g/mol. The van der Waals surface area contributed by atoms with Gasteiger partial charge in [0.05, 0.1) is 26.2 Å². The van der Waals surface area contributed by atoms with Crippen LogP contribution in [0.4, 0.5) is 0 Å². The van der Waals surface area contributed by atoms with E-state index in [9.17, 15) is 4.79 Å². The highest BCUT2D eigenvalue weighted by molar-refractivity contribution is 5.69. The van der Waals surface area contributed by atoms with Crippen molar-refractivity contribution in [2.75, 3.05) is 26.8 Å². The molecule has 0 unspecified atom stereocenters. The van der Waals surface area contributed by atoms with Crippen LogP contribution in [0.25, 0.3) is 0 Å². The number of carbonyl (C=O) groups excluding carboxylic acids is 1. The fraction of sp³-hybridized carbons (Fsp3) is 0.909. The molecule has 1 rings (SSSR count). The minimum atomic E-state index is -0.200. The molecule has 1 saturated heterocycles. The SMILES string of the molecule is COC(=O)CCO[C@@H]1CCN(C(C)C)C1. The fourth-order valence-corrected chi connectivity index (χ4v) is 1.77. The summed E-state index contributed by atoms with van der Waals surface area (Å²) in [5.74, 6) is -0.200. The van der Waals surface area contributed by atoms with Gasteiger partial charge in [-0.3, -0.25) is 9.69 Å². The summed E-state index contributed by atoms with van der Waals surface area (Å²) in [7, 11) is 1.40. The first kappa shape index (κ1) is 12.5. The predicted molar refractivity (Wildman–Crippen MR) is 57.7 cm³/mol. The van der Waals surface area contributed by atoms with Gasteiger partial charge in [-0.25, -0.2) is 0 Å². The first-order valence-corrected chi connectivity index (χ1v) is 5.56. The molecule has 0 N–H and O–H groups in total. The van der Waals surface area contributed by atoms with Crippen molar-refractivity contribution >= 4 is 5.97 Å². The second-order valence-corrected chi connectivity index (χ2v) is 4.20. The lowest BCUT2D eigenvalue weighted by molar-refractivity contribution is -0.142. The molecule has 0 aromatic heterocycles. The van der Waals surface area contributed by atoms with Gasteiger partial charge in [-0.15, -0.1) is 0 Å². The number of likely N-dealkylation sites (tertiary alicyclic amines) is 1. The molecule has 1 fully saturated rings. The highest BCUT2D eigenvalue weighted by Gasteiger charge is 2.24. The van der Waals surface area contributed by atoms with Crippen molar-refractivity contribution in [1.82, 2.24) is 4.90 Å². The Morgan fingerprint density at radius 1 is 1.53 bits per heavy atom. The maximum Gasteiger partial charge on any atom is 0.307 e. The molecule has 4 nitrogen and oxygen atoms in total. The van der Waals surface area contributed by atoms with E-state index >= 15 is 0 Å². The summed E-state index contributed by atoms with van der Waals surface area (Å²) in [5.41, 5.74) is 0. The molecule has 1 aliphatic rings. The van der Waals surface area contributed by atoms with E-state index in [4.69, 9.17) is 4.74 Å². The molecule has 4 heteroatoms. The lowest BCUT2D eigenvalue weighted by Crippen LogP contribution is -2.30. The van der Waals surface area contributed by atoms with E-state index in [1.165, 1.54) is 7.11 Å². The summed E-state index contributed by atoms with van der Waals surface area (Å²) in [5, 5.41) is 0. The van der Waals surface area contributed by atoms with Gasteiger partial charge in [-0.2, -0.15) is 0 Å². The van der Waals surface area contributed by atoms with Crippen LogP contribution < -0.4 is 0 Å². The zero-order valence-electron chi connectivity index (χ0n) is 9.86. The van der Waals surface area contributed by atoms with Gasteiger partial charge in [0.15, 0.2) is 0 Å². The van der Waals surface area contributed by atoms with Crippen LogP contribution in [0.5, 0.6) is 0 Å². The van der Waals surface area contributed by atoms with Crippen molar-refractivity contribution in [1.29, 1.82) is 0 Å². The van der Waals surface area contributed by atoms with Gasteiger partial charge >= 0.3 is 5.97 Å². The van der Waals surface area contributed by atoms with Gasteiger partial charge < -0.3 is 9.47 Å². The molecule has 0 aromatic rings. The van der Waals surface area contributed by atoms with Crippen molar-refractivity contribution in [2.24, 2.45) is 0 Å². The Morgan fingerprint density at radius 3 is 2.80 bits per heavy atom. The molecule has 1 atom stereocenters.